The molecule has 0 fully saturated rings. The fraction of sp³-hybridized carbons (Fsp3) is 0.467. The van der Waals surface area contributed by atoms with E-state index >= 15 is 0 Å². The summed E-state index contributed by atoms with van der Waals surface area (Å²) in [7, 11) is 1.71. The van der Waals surface area contributed by atoms with Gasteiger partial charge in [0.2, 0.25) is 0 Å². The summed E-state index contributed by atoms with van der Waals surface area (Å²) in [5, 5.41) is 17.3. The van der Waals surface area contributed by atoms with Crippen molar-refractivity contribution in [3.8, 4) is 0 Å². The molecule has 0 saturated carbocycles. The number of rotatable bonds is 3. The molecular weight excluding hydrogens is 254 g/mol. The maximum atomic E-state index is 12.6. The number of nitrogens with zero attached hydrogens (tertiary/aromatic N) is 2. The summed E-state index contributed by atoms with van der Waals surface area (Å²) in [5.74, 6) is -0.184. The van der Waals surface area contributed by atoms with E-state index in [-0.39, 0.29) is 24.0 Å². The molecule has 1 aromatic heterocycles. The number of nitrogens with one attached hydrogen (secondary N) is 1. The van der Waals surface area contributed by atoms with E-state index < -0.39 is 0 Å². The van der Waals surface area contributed by atoms with Crippen LogP contribution in [0, 0.1) is 5.41 Å². The van der Waals surface area contributed by atoms with Crippen LogP contribution in [0.3, 0.4) is 0 Å². The molecule has 0 radical (unpaired) electrons. The van der Waals surface area contributed by atoms with E-state index in [4.69, 9.17) is 0 Å². The van der Waals surface area contributed by atoms with Crippen LogP contribution in [0.1, 0.15) is 31.3 Å². The van der Waals surface area contributed by atoms with Crippen molar-refractivity contribution >= 4 is 16.8 Å². The number of likely N-dealkylation sites (N-methyl/N-ethyl adjacent to an activating group) is 1. The quantitative estimate of drug-likeness (QED) is 0.900. The lowest BCUT2D eigenvalue weighted by atomic mass is 9.86. The first-order valence-corrected chi connectivity index (χ1v) is 6.67. The van der Waals surface area contributed by atoms with Crippen LogP contribution in [-0.4, -0.2) is 45.8 Å². The molecule has 2 rings (SSSR count). The molecule has 0 bridgehead atoms. The minimum absolute atomic E-state index is 0.0753. The van der Waals surface area contributed by atoms with Crippen LogP contribution in [0.2, 0.25) is 0 Å². The van der Waals surface area contributed by atoms with Gasteiger partial charge in [0.15, 0.2) is 5.69 Å². The van der Waals surface area contributed by atoms with E-state index in [1.807, 2.05) is 45.0 Å². The summed E-state index contributed by atoms with van der Waals surface area (Å²) in [6.07, 6.45) is 0. The highest BCUT2D eigenvalue weighted by molar-refractivity contribution is 6.04. The minimum Gasteiger partial charge on any atom is -0.394 e. The lowest BCUT2D eigenvalue weighted by Gasteiger charge is -2.36. The molecule has 0 saturated heterocycles. The van der Waals surface area contributed by atoms with Crippen LogP contribution in [0.15, 0.2) is 24.3 Å². The summed E-state index contributed by atoms with van der Waals surface area (Å²) in [5.41, 5.74) is 1.03. The van der Waals surface area contributed by atoms with Gasteiger partial charge in [-0.15, -0.1) is 0 Å². The van der Waals surface area contributed by atoms with E-state index in [2.05, 4.69) is 10.2 Å². The summed E-state index contributed by atoms with van der Waals surface area (Å²) in [4.78, 5) is 14.2. The second-order valence-corrected chi connectivity index (χ2v) is 6.10. The zero-order valence-electron chi connectivity index (χ0n) is 12.3. The first kappa shape index (κ1) is 14.5. The Morgan fingerprint density at radius 1 is 1.40 bits per heavy atom. The number of hydrogen-bond donors (Lipinski definition) is 2. The monoisotopic (exact) mass is 275 g/mol. The van der Waals surface area contributed by atoms with Crippen LogP contribution in [0.25, 0.3) is 10.9 Å². The molecule has 1 unspecified atom stereocenters. The fourth-order valence-electron chi connectivity index (χ4n) is 2.41. The number of aromatic nitrogens is 2. The van der Waals surface area contributed by atoms with Crippen molar-refractivity contribution in [3.05, 3.63) is 30.0 Å². The van der Waals surface area contributed by atoms with Gasteiger partial charge in [-0.05, 0) is 11.5 Å². The number of aliphatic hydroxyl groups is 1. The van der Waals surface area contributed by atoms with E-state index in [9.17, 15) is 9.90 Å². The van der Waals surface area contributed by atoms with E-state index in [1.54, 1.807) is 11.9 Å². The smallest absolute Gasteiger partial charge is 0.275 e. The third-order valence-electron chi connectivity index (χ3n) is 3.63. The highest BCUT2D eigenvalue weighted by Gasteiger charge is 2.32. The van der Waals surface area contributed by atoms with Crippen LogP contribution in [-0.2, 0) is 0 Å². The van der Waals surface area contributed by atoms with Gasteiger partial charge in [0.1, 0.15) is 0 Å². The average molecular weight is 275 g/mol. The first-order valence-electron chi connectivity index (χ1n) is 6.67. The van der Waals surface area contributed by atoms with Gasteiger partial charge in [-0.25, -0.2) is 0 Å². The highest BCUT2D eigenvalue weighted by Crippen LogP contribution is 2.25. The zero-order valence-corrected chi connectivity index (χ0v) is 12.3. The topological polar surface area (TPSA) is 69.2 Å². The SMILES string of the molecule is CN(C(=O)c1n[nH]c2ccccc12)C(CO)C(C)(C)C. The molecule has 1 amide bonds. The second kappa shape index (κ2) is 5.25. The number of para-hydroxylation sites is 1. The van der Waals surface area contributed by atoms with Gasteiger partial charge in [0.05, 0.1) is 18.2 Å². The number of H-pyrrole nitrogens is 1. The molecule has 108 valence electrons. The molecule has 1 aromatic carbocycles. The molecule has 0 aliphatic heterocycles. The Hall–Kier alpha value is -1.88. The fourth-order valence-corrected chi connectivity index (χ4v) is 2.41. The van der Waals surface area contributed by atoms with Crippen molar-refractivity contribution in [1.82, 2.24) is 15.1 Å². The van der Waals surface area contributed by atoms with Crippen molar-refractivity contribution in [2.75, 3.05) is 13.7 Å². The van der Waals surface area contributed by atoms with Gasteiger partial charge in [0.25, 0.3) is 5.91 Å². The summed E-state index contributed by atoms with van der Waals surface area (Å²) in [6, 6.07) is 7.26. The van der Waals surface area contributed by atoms with Crippen LogP contribution < -0.4 is 0 Å². The summed E-state index contributed by atoms with van der Waals surface area (Å²) in [6.45, 7) is 5.93. The maximum Gasteiger partial charge on any atom is 0.275 e. The van der Waals surface area contributed by atoms with Crippen LogP contribution in [0.5, 0.6) is 0 Å². The molecule has 2 N–H and O–H groups in total. The Bertz CT molecular complexity index is 613. The van der Waals surface area contributed by atoms with E-state index in [1.165, 1.54) is 0 Å². The molecule has 0 aliphatic carbocycles. The van der Waals surface area contributed by atoms with Crippen LogP contribution in [0.4, 0.5) is 0 Å². The number of amides is 1. The Balaban J connectivity index is 2.35. The van der Waals surface area contributed by atoms with Crippen molar-refractivity contribution in [2.45, 2.75) is 26.8 Å². The van der Waals surface area contributed by atoms with Gasteiger partial charge in [-0.3, -0.25) is 9.89 Å². The predicted octanol–water partition coefficient (Wildman–Crippen LogP) is 2.04. The molecule has 5 nitrogen and oxygen atoms in total. The number of carbonyl (C=O) groups excluding carboxylic acids is 1. The third kappa shape index (κ3) is 2.54. The molecule has 5 heteroatoms. The Morgan fingerprint density at radius 2 is 2.05 bits per heavy atom. The molecule has 1 heterocycles. The van der Waals surface area contributed by atoms with Crippen molar-refractivity contribution in [1.29, 1.82) is 0 Å². The average Bonchev–Trinajstić information content (AvgIpc) is 2.80. The highest BCUT2D eigenvalue weighted by atomic mass is 16.3. The predicted molar refractivity (Wildman–Crippen MR) is 78.5 cm³/mol. The third-order valence-corrected chi connectivity index (χ3v) is 3.63. The number of aromatic amines is 1. The second-order valence-electron chi connectivity index (χ2n) is 6.10. The molecule has 0 spiro atoms. The lowest BCUT2D eigenvalue weighted by molar-refractivity contribution is 0.0430. The Morgan fingerprint density at radius 3 is 2.65 bits per heavy atom. The molecule has 0 aliphatic rings. The first-order chi connectivity index (χ1) is 9.36. The van der Waals surface area contributed by atoms with Gasteiger partial charge in [0, 0.05) is 12.4 Å². The molecular formula is C15H21N3O2. The van der Waals surface area contributed by atoms with E-state index in [0.29, 0.717) is 5.69 Å². The largest absolute Gasteiger partial charge is 0.394 e. The lowest BCUT2D eigenvalue weighted by Crippen LogP contribution is -2.47. The Labute approximate surface area is 118 Å². The number of benzene rings is 1. The molecule has 1 atom stereocenters. The number of fused-ring (bicyclic) bond motifs is 1. The van der Waals surface area contributed by atoms with Gasteiger partial charge < -0.3 is 10.0 Å². The zero-order chi connectivity index (χ0) is 14.9. The number of hydrogen-bond acceptors (Lipinski definition) is 3. The number of carbonyl (C=O) groups is 1. The van der Waals surface area contributed by atoms with Crippen molar-refractivity contribution in [2.24, 2.45) is 5.41 Å². The van der Waals surface area contributed by atoms with Crippen LogP contribution >= 0.6 is 0 Å². The summed E-state index contributed by atoms with van der Waals surface area (Å²) >= 11 is 0. The minimum atomic E-state index is -0.259. The standard InChI is InChI=1S/C15H21N3O2/c1-15(2,3)12(9-19)18(4)14(20)13-10-7-5-6-8-11(10)16-17-13/h5-8,12,19H,9H2,1-4H3,(H,16,17). The molecule has 20 heavy (non-hydrogen) atoms. The van der Waals surface area contributed by atoms with Gasteiger partial charge in [-0.1, -0.05) is 39.0 Å². The van der Waals surface area contributed by atoms with Gasteiger partial charge >= 0.3 is 0 Å². The molecule has 2 aromatic rings. The Kier molecular flexibility index (Phi) is 3.81. The van der Waals surface area contributed by atoms with Crippen molar-refractivity contribution < 1.29 is 9.90 Å². The van der Waals surface area contributed by atoms with E-state index in [0.717, 1.165) is 10.9 Å². The van der Waals surface area contributed by atoms with Gasteiger partial charge in [-0.2, -0.15) is 5.10 Å². The normalized spacial score (nSPS) is 13.4. The van der Waals surface area contributed by atoms with Crippen molar-refractivity contribution in [3.63, 3.8) is 0 Å². The summed E-state index contributed by atoms with van der Waals surface area (Å²) < 4.78 is 0. The number of aliphatic hydroxyl groups excluding tert-OH is 1. The maximum absolute atomic E-state index is 12.6.